The van der Waals surface area contributed by atoms with E-state index in [1.165, 1.54) is 4.90 Å². The fourth-order valence-corrected chi connectivity index (χ4v) is 2.15. The lowest BCUT2D eigenvalue weighted by Crippen LogP contribution is -2.42. The molecule has 0 aliphatic heterocycles. The second-order valence-corrected chi connectivity index (χ2v) is 5.23. The normalized spacial score (nSPS) is 13.5. The van der Waals surface area contributed by atoms with Crippen LogP contribution in [0.5, 0.6) is 0 Å². The van der Waals surface area contributed by atoms with Gasteiger partial charge in [0.2, 0.25) is 5.91 Å². The molecule has 0 aromatic heterocycles. The molecule has 21 heavy (non-hydrogen) atoms. The molecule has 5 heteroatoms. The molecule has 2 atom stereocenters. The molecule has 1 amide bonds. The van der Waals surface area contributed by atoms with E-state index in [1.807, 2.05) is 44.2 Å². The average Bonchev–Trinajstić information content (AvgIpc) is 2.49. The first-order valence-corrected chi connectivity index (χ1v) is 7.27. The molecule has 0 fully saturated rings. The lowest BCUT2D eigenvalue weighted by molar-refractivity contribution is -0.146. The highest BCUT2D eigenvalue weighted by molar-refractivity contribution is 5.81. The van der Waals surface area contributed by atoms with Crippen molar-refractivity contribution < 1.29 is 14.7 Å². The molecule has 0 spiro atoms. The zero-order valence-electron chi connectivity index (χ0n) is 12.7. The summed E-state index contributed by atoms with van der Waals surface area (Å²) in [6.45, 7) is 3.54. The first kappa shape index (κ1) is 17.2. The van der Waals surface area contributed by atoms with E-state index in [0.29, 0.717) is 6.42 Å². The summed E-state index contributed by atoms with van der Waals surface area (Å²) in [5.74, 6) is -1.14. The van der Waals surface area contributed by atoms with Crippen LogP contribution in [0.2, 0.25) is 0 Å². The number of hydrogen-bond donors (Lipinski definition) is 2. The van der Waals surface area contributed by atoms with Crippen molar-refractivity contribution in [1.29, 1.82) is 0 Å². The third-order valence-electron chi connectivity index (χ3n) is 3.65. The van der Waals surface area contributed by atoms with Crippen molar-refractivity contribution in [2.75, 3.05) is 6.54 Å². The average molecular weight is 292 g/mol. The van der Waals surface area contributed by atoms with E-state index in [4.69, 9.17) is 10.8 Å². The second kappa shape index (κ2) is 8.42. The summed E-state index contributed by atoms with van der Waals surface area (Å²) < 4.78 is 0. The summed E-state index contributed by atoms with van der Waals surface area (Å²) in [6.07, 6.45) is 1.49. The smallest absolute Gasteiger partial charge is 0.323 e. The highest BCUT2D eigenvalue weighted by atomic mass is 16.4. The van der Waals surface area contributed by atoms with Crippen molar-refractivity contribution in [3.05, 3.63) is 35.9 Å². The Morgan fingerprint density at radius 2 is 1.90 bits per heavy atom. The second-order valence-electron chi connectivity index (χ2n) is 5.23. The quantitative estimate of drug-likeness (QED) is 0.769. The summed E-state index contributed by atoms with van der Waals surface area (Å²) in [6, 6.07) is 9.30. The number of carbonyl (C=O) groups is 2. The number of rotatable bonds is 8. The Bertz CT molecular complexity index is 462. The van der Waals surface area contributed by atoms with Crippen LogP contribution >= 0.6 is 0 Å². The van der Waals surface area contributed by atoms with E-state index in [1.54, 1.807) is 0 Å². The van der Waals surface area contributed by atoms with Crippen LogP contribution in [0.3, 0.4) is 0 Å². The topological polar surface area (TPSA) is 83.6 Å². The monoisotopic (exact) mass is 292 g/mol. The van der Waals surface area contributed by atoms with Crippen molar-refractivity contribution in [3.63, 3.8) is 0 Å². The van der Waals surface area contributed by atoms with E-state index < -0.39 is 5.97 Å². The number of carbonyl (C=O) groups excluding carboxylic acids is 1. The number of benzene rings is 1. The van der Waals surface area contributed by atoms with Gasteiger partial charge >= 0.3 is 5.97 Å². The molecule has 0 aliphatic rings. The molecule has 116 valence electrons. The highest BCUT2D eigenvalue weighted by Gasteiger charge is 2.22. The van der Waals surface area contributed by atoms with Crippen LogP contribution < -0.4 is 5.73 Å². The summed E-state index contributed by atoms with van der Waals surface area (Å²) >= 11 is 0. The van der Waals surface area contributed by atoms with Gasteiger partial charge in [0.05, 0.1) is 0 Å². The van der Waals surface area contributed by atoms with Crippen molar-refractivity contribution in [1.82, 2.24) is 4.90 Å². The van der Waals surface area contributed by atoms with Crippen molar-refractivity contribution in [2.45, 2.75) is 45.2 Å². The number of carboxylic acid groups (broad SMARTS) is 1. The van der Waals surface area contributed by atoms with Gasteiger partial charge < -0.3 is 15.7 Å². The summed E-state index contributed by atoms with van der Waals surface area (Å²) in [5.41, 5.74) is 7.05. The van der Waals surface area contributed by atoms with Gasteiger partial charge in [-0.2, -0.15) is 0 Å². The SMILES string of the molecule is CCC(C)N(CC(=O)O)C(=O)CCC(N)c1ccccc1. The minimum absolute atomic E-state index is 0.0819. The number of amides is 1. The summed E-state index contributed by atoms with van der Waals surface area (Å²) in [5, 5.41) is 8.91. The molecule has 0 saturated heterocycles. The molecule has 1 aromatic rings. The number of aliphatic carboxylic acids is 1. The number of carboxylic acids is 1. The lowest BCUT2D eigenvalue weighted by Gasteiger charge is -2.27. The van der Waals surface area contributed by atoms with E-state index in [0.717, 1.165) is 12.0 Å². The first-order chi connectivity index (χ1) is 9.95. The highest BCUT2D eigenvalue weighted by Crippen LogP contribution is 2.17. The Balaban J connectivity index is 2.59. The Hall–Kier alpha value is -1.88. The van der Waals surface area contributed by atoms with E-state index in [-0.39, 0.29) is 31.0 Å². The fraction of sp³-hybridized carbons (Fsp3) is 0.500. The van der Waals surface area contributed by atoms with Crippen LogP contribution in [0, 0.1) is 0 Å². The lowest BCUT2D eigenvalue weighted by atomic mass is 10.0. The first-order valence-electron chi connectivity index (χ1n) is 7.27. The number of hydrogen-bond acceptors (Lipinski definition) is 3. The molecule has 0 heterocycles. The van der Waals surface area contributed by atoms with Gasteiger partial charge in [0, 0.05) is 18.5 Å². The van der Waals surface area contributed by atoms with Crippen molar-refractivity contribution in [3.8, 4) is 0 Å². The standard InChI is InChI=1S/C16H24N2O3/c1-3-12(2)18(11-16(20)21)15(19)10-9-14(17)13-7-5-4-6-8-13/h4-8,12,14H,3,9-11,17H2,1-2H3,(H,20,21). The van der Waals surface area contributed by atoms with Crippen molar-refractivity contribution in [2.24, 2.45) is 5.73 Å². The van der Waals surface area contributed by atoms with Crippen LogP contribution in [-0.2, 0) is 9.59 Å². The molecule has 0 saturated carbocycles. The predicted molar refractivity (Wildman–Crippen MR) is 81.7 cm³/mol. The van der Waals surface area contributed by atoms with E-state index in [2.05, 4.69) is 0 Å². The van der Waals surface area contributed by atoms with Gasteiger partial charge in [0.1, 0.15) is 6.54 Å². The largest absolute Gasteiger partial charge is 0.480 e. The maximum Gasteiger partial charge on any atom is 0.323 e. The van der Waals surface area contributed by atoms with Crippen LogP contribution in [0.4, 0.5) is 0 Å². The Morgan fingerprint density at radius 3 is 2.43 bits per heavy atom. The van der Waals surface area contributed by atoms with E-state index >= 15 is 0 Å². The van der Waals surface area contributed by atoms with Gasteiger partial charge in [-0.3, -0.25) is 9.59 Å². The zero-order chi connectivity index (χ0) is 15.8. The molecule has 0 aliphatic carbocycles. The van der Waals surface area contributed by atoms with Gasteiger partial charge in [-0.05, 0) is 25.3 Å². The summed E-state index contributed by atoms with van der Waals surface area (Å²) in [4.78, 5) is 24.5. The molecule has 5 nitrogen and oxygen atoms in total. The van der Waals surface area contributed by atoms with Crippen LogP contribution in [0.25, 0.3) is 0 Å². The van der Waals surface area contributed by atoms with Crippen molar-refractivity contribution >= 4 is 11.9 Å². The van der Waals surface area contributed by atoms with Gasteiger partial charge in [-0.1, -0.05) is 37.3 Å². The minimum Gasteiger partial charge on any atom is -0.480 e. The van der Waals surface area contributed by atoms with Crippen LogP contribution in [-0.4, -0.2) is 34.5 Å². The number of nitrogens with two attached hydrogens (primary N) is 1. The van der Waals surface area contributed by atoms with Gasteiger partial charge in [0.25, 0.3) is 0 Å². The van der Waals surface area contributed by atoms with Gasteiger partial charge in [0.15, 0.2) is 0 Å². The minimum atomic E-state index is -0.990. The van der Waals surface area contributed by atoms with E-state index in [9.17, 15) is 9.59 Å². The molecule has 2 unspecified atom stereocenters. The molecular formula is C16H24N2O3. The van der Waals surface area contributed by atoms with Crippen LogP contribution in [0.1, 0.15) is 44.7 Å². The van der Waals surface area contributed by atoms with Gasteiger partial charge in [-0.25, -0.2) is 0 Å². The third-order valence-corrected chi connectivity index (χ3v) is 3.65. The molecule has 0 bridgehead atoms. The summed E-state index contributed by atoms with van der Waals surface area (Å²) in [7, 11) is 0. The molecule has 1 rings (SSSR count). The Morgan fingerprint density at radius 1 is 1.29 bits per heavy atom. The zero-order valence-corrected chi connectivity index (χ0v) is 12.7. The molecule has 3 N–H and O–H groups in total. The Kier molecular flexibility index (Phi) is 6.88. The molecule has 1 aromatic carbocycles. The molecule has 0 radical (unpaired) electrons. The maximum absolute atomic E-state index is 12.2. The van der Waals surface area contributed by atoms with Gasteiger partial charge in [-0.15, -0.1) is 0 Å². The maximum atomic E-state index is 12.2. The Labute approximate surface area is 125 Å². The number of nitrogens with zero attached hydrogens (tertiary/aromatic N) is 1. The van der Waals surface area contributed by atoms with Crippen LogP contribution in [0.15, 0.2) is 30.3 Å². The predicted octanol–water partition coefficient (Wildman–Crippen LogP) is 2.18. The molecular weight excluding hydrogens is 268 g/mol. The third kappa shape index (κ3) is 5.55. The fourth-order valence-electron chi connectivity index (χ4n) is 2.15.